The Labute approximate surface area is 109 Å². The Balaban J connectivity index is 2.19. The van der Waals surface area contributed by atoms with Crippen molar-refractivity contribution >= 4 is 0 Å². The van der Waals surface area contributed by atoms with Crippen molar-refractivity contribution in [2.45, 2.75) is 6.92 Å². The zero-order valence-corrected chi connectivity index (χ0v) is 10.5. The van der Waals surface area contributed by atoms with E-state index in [4.69, 9.17) is 4.52 Å². The Kier molecular flexibility index (Phi) is 2.76. The van der Waals surface area contributed by atoms with Gasteiger partial charge in [-0.25, -0.2) is 4.79 Å². The molecule has 0 saturated heterocycles. The molecule has 0 bridgehead atoms. The first-order chi connectivity index (χ1) is 9.25. The normalized spacial score (nSPS) is 10.6. The van der Waals surface area contributed by atoms with E-state index in [1.807, 2.05) is 61.5 Å². The van der Waals surface area contributed by atoms with Crippen LogP contribution in [0.15, 0.2) is 63.9 Å². The third-order valence-corrected chi connectivity index (χ3v) is 2.99. The van der Waals surface area contributed by atoms with Crippen molar-refractivity contribution in [2.24, 2.45) is 0 Å². The summed E-state index contributed by atoms with van der Waals surface area (Å²) in [7, 11) is 0. The lowest BCUT2D eigenvalue weighted by molar-refractivity contribution is -0.660. The number of hydrogen-bond acceptors (Lipinski definition) is 2. The molecule has 3 rings (SSSR count). The lowest BCUT2D eigenvalue weighted by Crippen LogP contribution is -2.36. The molecule has 94 valence electrons. The first-order valence-corrected chi connectivity index (χ1v) is 6.02. The molecule has 0 aliphatic rings. The Morgan fingerprint density at radius 2 is 1.68 bits per heavy atom. The average molecular weight is 253 g/mol. The van der Waals surface area contributed by atoms with Gasteiger partial charge in [0.15, 0.2) is 0 Å². The maximum atomic E-state index is 11.9. The smallest absolute Gasteiger partial charge is 0.282 e. The van der Waals surface area contributed by atoms with E-state index < -0.39 is 0 Å². The maximum absolute atomic E-state index is 11.9. The standard InChI is InChI=1S/C15H12N2O2/c1-11-7-9-13(10-8-11)17-14(15(18)19-16-17)12-5-3-2-4-6-12/h2-10H,1H3/p+1. The first kappa shape index (κ1) is 11.5. The van der Waals surface area contributed by atoms with Gasteiger partial charge < -0.3 is 0 Å². The highest BCUT2D eigenvalue weighted by Crippen LogP contribution is 2.12. The number of nitrogens with one attached hydrogen (secondary N) is 1. The van der Waals surface area contributed by atoms with Crippen LogP contribution in [0.2, 0.25) is 0 Å². The third-order valence-electron chi connectivity index (χ3n) is 2.99. The van der Waals surface area contributed by atoms with Crippen molar-refractivity contribution < 1.29 is 9.20 Å². The lowest BCUT2D eigenvalue weighted by atomic mass is 10.1. The lowest BCUT2D eigenvalue weighted by Gasteiger charge is -1.95. The topological polar surface area (TPSA) is 49.9 Å². The summed E-state index contributed by atoms with van der Waals surface area (Å²) in [4.78, 5) is 11.9. The number of aromatic nitrogens is 2. The molecule has 1 aromatic heterocycles. The zero-order valence-electron chi connectivity index (χ0n) is 10.5. The molecule has 4 heteroatoms. The molecule has 3 aromatic rings. The quantitative estimate of drug-likeness (QED) is 0.712. The summed E-state index contributed by atoms with van der Waals surface area (Å²) >= 11 is 0. The van der Waals surface area contributed by atoms with Crippen LogP contribution in [-0.2, 0) is 0 Å². The predicted octanol–water partition coefficient (Wildman–Crippen LogP) is 2.22. The van der Waals surface area contributed by atoms with Crippen molar-refractivity contribution in [3.8, 4) is 16.9 Å². The van der Waals surface area contributed by atoms with Crippen molar-refractivity contribution in [3.05, 3.63) is 70.6 Å². The number of aromatic amines is 1. The largest absolute Gasteiger partial charge is 0.435 e. The maximum Gasteiger partial charge on any atom is 0.435 e. The SMILES string of the molecule is Cc1ccc(-[n+]2[nH]oc(=O)c2-c2ccccc2)cc1. The van der Waals surface area contributed by atoms with Gasteiger partial charge in [-0.15, -0.1) is 0 Å². The van der Waals surface area contributed by atoms with Crippen molar-refractivity contribution in [2.75, 3.05) is 0 Å². The second-order valence-corrected chi connectivity index (χ2v) is 4.37. The molecule has 0 aliphatic heterocycles. The van der Waals surface area contributed by atoms with E-state index >= 15 is 0 Å². The molecule has 0 amide bonds. The highest BCUT2D eigenvalue weighted by Gasteiger charge is 2.24. The predicted molar refractivity (Wildman–Crippen MR) is 71.0 cm³/mol. The van der Waals surface area contributed by atoms with Crippen LogP contribution in [0.1, 0.15) is 5.56 Å². The summed E-state index contributed by atoms with van der Waals surface area (Å²) in [6, 6.07) is 17.3. The molecule has 19 heavy (non-hydrogen) atoms. The van der Waals surface area contributed by atoms with Crippen molar-refractivity contribution in [1.82, 2.24) is 5.27 Å². The van der Waals surface area contributed by atoms with Gasteiger partial charge in [0.2, 0.25) is 5.69 Å². The molecule has 2 aromatic carbocycles. The molecule has 1 heterocycles. The number of rotatable bonds is 2. The van der Waals surface area contributed by atoms with Crippen LogP contribution in [0.25, 0.3) is 16.9 Å². The summed E-state index contributed by atoms with van der Waals surface area (Å²) < 4.78 is 6.57. The molecule has 0 aliphatic carbocycles. The molecule has 0 unspecified atom stereocenters. The van der Waals surface area contributed by atoms with Gasteiger partial charge in [0.1, 0.15) is 0 Å². The summed E-state index contributed by atoms with van der Waals surface area (Å²) in [5.41, 5.74) is 2.95. The molecule has 0 radical (unpaired) electrons. The first-order valence-electron chi connectivity index (χ1n) is 6.02. The Morgan fingerprint density at radius 1 is 1.00 bits per heavy atom. The molecule has 1 N–H and O–H groups in total. The molecular formula is C15H13N2O2+. The number of H-pyrrole nitrogens is 1. The van der Waals surface area contributed by atoms with E-state index in [1.54, 1.807) is 4.68 Å². The van der Waals surface area contributed by atoms with E-state index in [1.165, 1.54) is 0 Å². The fourth-order valence-electron chi connectivity index (χ4n) is 1.99. The van der Waals surface area contributed by atoms with Crippen LogP contribution in [0.5, 0.6) is 0 Å². The number of hydrogen-bond donors (Lipinski definition) is 1. The summed E-state index contributed by atoms with van der Waals surface area (Å²) in [5, 5.41) is 2.64. The second-order valence-electron chi connectivity index (χ2n) is 4.37. The molecule has 4 nitrogen and oxygen atoms in total. The third kappa shape index (κ3) is 2.08. The fraction of sp³-hybridized carbons (Fsp3) is 0.0667. The van der Waals surface area contributed by atoms with Gasteiger partial charge in [-0.1, -0.05) is 35.9 Å². The van der Waals surface area contributed by atoms with Crippen LogP contribution in [-0.4, -0.2) is 5.27 Å². The molecule has 0 spiro atoms. The fourth-order valence-corrected chi connectivity index (χ4v) is 1.99. The van der Waals surface area contributed by atoms with Gasteiger partial charge in [-0.2, -0.15) is 0 Å². The van der Waals surface area contributed by atoms with Crippen LogP contribution >= 0.6 is 0 Å². The minimum atomic E-state index is -0.383. The Morgan fingerprint density at radius 3 is 2.37 bits per heavy atom. The minimum Gasteiger partial charge on any atom is -0.282 e. The van der Waals surface area contributed by atoms with Crippen LogP contribution < -0.4 is 10.3 Å². The van der Waals surface area contributed by atoms with Crippen LogP contribution in [0, 0.1) is 6.92 Å². The molecule has 0 atom stereocenters. The molecular weight excluding hydrogens is 240 g/mol. The summed E-state index contributed by atoms with van der Waals surface area (Å²) in [6.07, 6.45) is 0. The summed E-state index contributed by atoms with van der Waals surface area (Å²) in [5.74, 6) is 0. The van der Waals surface area contributed by atoms with Gasteiger partial charge in [0.25, 0.3) is 0 Å². The van der Waals surface area contributed by atoms with Gasteiger partial charge >= 0.3 is 11.3 Å². The number of benzene rings is 2. The molecule has 0 saturated carbocycles. The zero-order chi connectivity index (χ0) is 13.2. The van der Waals surface area contributed by atoms with Crippen molar-refractivity contribution in [1.29, 1.82) is 0 Å². The monoisotopic (exact) mass is 253 g/mol. The van der Waals surface area contributed by atoms with E-state index in [0.29, 0.717) is 5.69 Å². The minimum absolute atomic E-state index is 0.383. The van der Waals surface area contributed by atoms with Gasteiger partial charge in [0.05, 0.1) is 5.56 Å². The highest BCUT2D eigenvalue weighted by atomic mass is 16.5. The second kappa shape index (κ2) is 4.57. The number of nitrogens with zero attached hydrogens (tertiary/aromatic N) is 1. The molecule has 0 fully saturated rings. The van der Waals surface area contributed by atoms with Crippen LogP contribution in [0.3, 0.4) is 0 Å². The Hall–Kier alpha value is -2.62. The Bertz CT molecular complexity index is 740. The highest BCUT2D eigenvalue weighted by molar-refractivity contribution is 5.54. The van der Waals surface area contributed by atoms with E-state index in [9.17, 15) is 4.79 Å². The van der Waals surface area contributed by atoms with Gasteiger partial charge in [-0.3, -0.25) is 4.52 Å². The van der Waals surface area contributed by atoms with Crippen molar-refractivity contribution in [3.63, 3.8) is 0 Å². The van der Waals surface area contributed by atoms with E-state index in [2.05, 4.69) is 5.27 Å². The summed E-state index contributed by atoms with van der Waals surface area (Å²) in [6.45, 7) is 2.02. The number of aryl methyl sites for hydroxylation is 1. The van der Waals surface area contributed by atoms with E-state index in [0.717, 1.165) is 16.8 Å². The average Bonchev–Trinajstić information content (AvgIpc) is 2.82. The van der Waals surface area contributed by atoms with Gasteiger partial charge in [-0.05, 0) is 29.0 Å². The van der Waals surface area contributed by atoms with E-state index in [-0.39, 0.29) is 5.63 Å². The van der Waals surface area contributed by atoms with Crippen LogP contribution in [0.4, 0.5) is 0 Å². The van der Waals surface area contributed by atoms with Gasteiger partial charge in [0, 0.05) is 12.1 Å².